The maximum atomic E-state index is 13.2. The molecule has 7 heteroatoms. The molecule has 3 N–H and O–H groups in total. The van der Waals surface area contributed by atoms with E-state index in [9.17, 15) is 14.4 Å². The number of imide groups is 1. The summed E-state index contributed by atoms with van der Waals surface area (Å²) in [4.78, 5) is 38.5. The van der Waals surface area contributed by atoms with Crippen LogP contribution in [0.4, 0.5) is 0 Å². The fourth-order valence-electron chi connectivity index (χ4n) is 5.73. The summed E-state index contributed by atoms with van der Waals surface area (Å²) in [5, 5.41) is 9.55. The van der Waals surface area contributed by atoms with Crippen LogP contribution in [0.5, 0.6) is 0 Å². The molecule has 4 aliphatic rings. The first-order valence-corrected chi connectivity index (χ1v) is 10.7. The van der Waals surface area contributed by atoms with E-state index in [1.165, 1.54) is 19.3 Å². The minimum atomic E-state index is -0.559. The molecular weight excluding hydrogens is 368 g/mol. The molecule has 7 nitrogen and oxygen atoms in total. The lowest BCUT2D eigenvalue weighted by Gasteiger charge is -2.34. The number of hydrogen-bond donors (Lipinski definition) is 3. The Kier molecular flexibility index (Phi) is 4.67. The van der Waals surface area contributed by atoms with Crippen LogP contribution >= 0.6 is 0 Å². The second-order valence-electron chi connectivity index (χ2n) is 9.19. The van der Waals surface area contributed by atoms with Crippen LogP contribution in [0.25, 0.3) is 0 Å². The van der Waals surface area contributed by atoms with Gasteiger partial charge in [0, 0.05) is 38.2 Å². The van der Waals surface area contributed by atoms with Gasteiger partial charge in [-0.3, -0.25) is 19.7 Å². The molecule has 3 aliphatic heterocycles. The Morgan fingerprint density at radius 1 is 1.21 bits per heavy atom. The summed E-state index contributed by atoms with van der Waals surface area (Å²) in [5.41, 5.74) is 3.05. The molecule has 29 heavy (non-hydrogen) atoms. The predicted octanol–water partition coefficient (Wildman–Crippen LogP) is 0.927. The maximum Gasteiger partial charge on any atom is 0.255 e. The molecular formula is C22H28N4O3. The van der Waals surface area contributed by atoms with Crippen LogP contribution in [-0.4, -0.2) is 48.3 Å². The van der Waals surface area contributed by atoms with Crippen LogP contribution in [0.3, 0.4) is 0 Å². The first kappa shape index (κ1) is 18.8. The van der Waals surface area contributed by atoms with Crippen LogP contribution in [0.2, 0.25) is 0 Å². The Hall–Kier alpha value is -2.25. The van der Waals surface area contributed by atoms with Crippen LogP contribution in [-0.2, 0) is 22.7 Å². The molecule has 3 unspecified atom stereocenters. The zero-order valence-electron chi connectivity index (χ0n) is 16.6. The van der Waals surface area contributed by atoms with Gasteiger partial charge in [-0.25, -0.2) is 0 Å². The third-order valence-electron chi connectivity index (χ3n) is 7.19. The number of rotatable bonds is 5. The number of amides is 3. The molecule has 3 atom stereocenters. The number of nitrogens with one attached hydrogen (secondary N) is 3. The van der Waals surface area contributed by atoms with E-state index < -0.39 is 6.04 Å². The zero-order valence-corrected chi connectivity index (χ0v) is 16.6. The van der Waals surface area contributed by atoms with E-state index in [0.717, 1.165) is 42.2 Å². The standard InChI is InChI=1S/C22H28N4O3/c27-18-5-4-17(20(28)25-18)26-11-16-3-1-2-15(19(16)21(26)29)10-24-13-22-7-6-14(8-22)9-23-12-22/h1-3,14,17,23-24H,4-13H2,(H,25,27,28). The van der Waals surface area contributed by atoms with Gasteiger partial charge in [0.05, 0.1) is 0 Å². The fraction of sp³-hybridized carbons (Fsp3) is 0.591. The summed E-state index contributed by atoms with van der Waals surface area (Å²) >= 11 is 0. The number of fused-ring (bicyclic) bond motifs is 3. The summed E-state index contributed by atoms with van der Waals surface area (Å²) in [6, 6.07) is 5.40. The van der Waals surface area contributed by atoms with Crippen molar-refractivity contribution in [3.8, 4) is 0 Å². The predicted molar refractivity (Wildman–Crippen MR) is 107 cm³/mol. The van der Waals surface area contributed by atoms with E-state index in [-0.39, 0.29) is 24.1 Å². The lowest BCUT2D eigenvalue weighted by molar-refractivity contribution is -0.136. The smallest absolute Gasteiger partial charge is 0.255 e. The SMILES string of the molecule is O=C1CCC(N2Cc3cccc(CNCC45CCC(CNC4)C5)c3C2=O)C(=O)N1. The summed E-state index contributed by atoms with van der Waals surface area (Å²) in [7, 11) is 0. The van der Waals surface area contributed by atoms with E-state index in [4.69, 9.17) is 0 Å². The number of nitrogens with zero attached hydrogens (tertiary/aromatic N) is 1. The van der Waals surface area contributed by atoms with Crippen LogP contribution in [0.1, 0.15) is 53.6 Å². The molecule has 0 aromatic heterocycles. The minimum Gasteiger partial charge on any atom is -0.322 e. The Morgan fingerprint density at radius 2 is 2.10 bits per heavy atom. The molecule has 1 aromatic carbocycles. The van der Waals surface area contributed by atoms with Gasteiger partial charge >= 0.3 is 0 Å². The van der Waals surface area contributed by atoms with Crippen molar-refractivity contribution in [3.63, 3.8) is 0 Å². The Labute approximate surface area is 170 Å². The van der Waals surface area contributed by atoms with Gasteiger partial charge in [0.25, 0.3) is 5.91 Å². The van der Waals surface area contributed by atoms with Crippen LogP contribution < -0.4 is 16.0 Å². The van der Waals surface area contributed by atoms with Crippen molar-refractivity contribution >= 4 is 17.7 Å². The highest BCUT2D eigenvalue weighted by Gasteiger charge is 2.42. The first-order valence-electron chi connectivity index (χ1n) is 10.7. The lowest BCUT2D eigenvalue weighted by Crippen LogP contribution is -2.52. The number of carbonyl (C=O) groups excluding carboxylic acids is 3. The van der Waals surface area contributed by atoms with Crippen molar-refractivity contribution < 1.29 is 14.4 Å². The van der Waals surface area contributed by atoms with E-state index in [1.54, 1.807) is 4.90 Å². The highest BCUT2D eigenvalue weighted by atomic mass is 16.2. The maximum absolute atomic E-state index is 13.2. The second-order valence-corrected chi connectivity index (χ2v) is 9.19. The van der Waals surface area contributed by atoms with Gasteiger partial charge in [-0.2, -0.15) is 0 Å². The molecule has 0 radical (unpaired) electrons. The Morgan fingerprint density at radius 3 is 2.97 bits per heavy atom. The van der Waals surface area contributed by atoms with Crippen molar-refractivity contribution in [3.05, 3.63) is 34.9 Å². The third-order valence-corrected chi connectivity index (χ3v) is 7.19. The number of piperidine rings is 2. The average Bonchev–Trinajstić information content (AvgIpc) is 3.19. The molecule has 1 saturated carbocycles. The van der Waals surface area contributed by atoms with Gasteiger partial charge in [-0.1, -0.05) is 18.2 Å². The number of carbonyl (C=O) groups is 3. The van der Waals surface area contributed by atoms with Crippen molar-refractivity contribution in [1.82, 2.24) is 20.9 Å². The van der Waals surface area contributed by atoms with E-state index >= 15 is 0 Å². The largest absolute Gasteiger partial charge is 0.322 e. The normalized spacial score (nSPS) is 31.2. The quantitative estimate of drug-likeness (QED) is 0.644. The van der Waals surface area contributed by atoms with E-state index in [0.29, 0.717) is 24.9 Å². The zero-order chi connectivity index (χ0) is 20.0. The van der Waals surface area contributed by atoms with Crippen LogP contribution in [0, 0.1) is 11.3 Å². The highest BCUT2D eigenvalue weighted by molar-refractivity contribution is 6.05. The molecule has 0 spiro atoms. The van der Waals surface area contributed by atoms with Crippen molar-refractivity contribution in [2.75, 3.05) is 19.6 Å². The molecule has 2 saturated heterocycles. The van der Waals surface area contributed by atoms with Crippen molar-refractivity contribution in [1.29, 1.82) is 0 Å². The van der Waals surface area contributed by atoms with E-state index in [1.807, 2.05) is 18.2 Å². The monoisotopic (exact) mass is 396 g/mol. The van der Waals surface area contributed by atoms with Crippen LogP contribution in [0.15, 0.2) is 18.2 Å². The summed E-state index contributed by atoms with van der Waals surface area (Å²) in [6.45, 7) is 4.28. The summed E-state index contributed by atoms with van der Waals surface area (Å²) in [6.07, 6.45) is 4.56. The Bertz CT molecular complexity index is 866. The molecule has 2 bridgehead atoms. The van der Waals surface area contributed by atoms with Gasteiger partial charge in [-0.15, -0.1) is 0 Å². The molecule has 154 valence electrons. The molecule has 3 amide bonds. The van der Waals surface area contributed by atoms with Crippen molar-refractivity contribution in [2.45, 2.75) is 51.2 Å². The van der Waals surface area contributed by atoms with Gasteiger partial charge in [-0.05, 0) is 54.7 Å². The first-order chi connectivity index (χ1) is 14.0. The highest BCUT2D eigenvalue weighted by Crippen LogP contribution is 2.43. The fourth-order valence-corrected chi connectivity index (χ4v) is 5.73. The van der Waals surface area contributed by atoms with Crippen molar-refractivity contribution in [2.24, 2.45) is 11.3 Å². The minimum absolute atomic E-state index is 0.0923. The second kappa shape index (κ2) is 7.22. The van der Waals surface area contributed by atoms with Gasteiger partial charge in [0.15, 0.2) is 0 Å². The van der Waals surface area contributed by atoms with Gasteiger partial charge in [0.2, 0.25) is 11.8 Å². The van der Waals surface area contributed by atoms with Gasteiger partial charge < -0.3 is 15.5 Å². The molecule has 5 rings (SSSR count). The average molecular weight is 396 g/mol. The summed E-state index contributed by atoms with van der Waals surface area (Å²) < 4.78 is 0. The third kappa shape index (κ3) is 3.36. The molecule has 3 heterocycles. The molecule has 3 fully saturated rings. The van der Waals surface area contributed by atoms with E-state index in [2.05, 4.69) is 16.0 Å². The number of hydrogen-bond acceptors (Lipinski definition) is 5. The molecule has 1 aliphatic carbocycles. The lowest BCUT2D eigenvalue weighted by atomic mass is 9.82. The summed E-state index contributed by atoms with van der Waals surface area (Å²) in [5.74, 6) is 0.105. The Balaban J connectivity index is 1.27. The van der Waals surface area contributed by atoms with Gasteiger partial charge in [0.1, 0.15) is 6.04 Å². The molecule has 1 aromatic rings. The topological polar surface area (TPSA) is 90.5 Å². The number of benzene rings is 1.